The van der Waals surface area contributed by atoms with Gasteiger partial charge in [-0.3, -0.25) is 4.79 Å². The SMILES string of the molecule is COc1ccc(-c2csc3c(=O)cc(N4CCCCC4)oc23)cc1F. The van der Waals surface area contributed by atoms with Gasteiger partial charge in [-0.15, -0.1) is 11.3 Å². The Bertz CT molecular complexity index is 972. The topological polar surface area (TPSA) is 42.7 Å². The van der Waals surface area contributed by atoms with E-state index in [0.717, 1.165) is 31.5 Å². The predicted octanol–water partition coefficient (Wildman–Crippen LogP) is 4.66. The van der Waals surface area contributed by atoms with Crippen molar-refractivity contribution in [2.24, 2.45) is 0 Å². The van der Waals surface area contributed by atoms with Crippen LogP contribution in [0.25, 0.3) is 21.4 Å². The number of ether oxygens (including phenoxy) is 1. The zero-order valence-electron chi connectivity index (χ0n) is 13.9. The van der Waals surface area contributed by atoms with Gasteiger partial charge in [-0.1, -0.05) is 6.07 Å². The Morgan fingerprint density at radius 3 is 2.72 bits per heavy atom. The van der Waals surface area contributed by atoms with E-state index in [2.05, 4.69) is 4.90 Å². The number of fused-ring (bicyclic) bond motifs is 1. The summed E-state index contributed by atoms with van der Waals surface area (Å²) in [7, 11) is 1.43. The summed E-state index contributed by atoms with van der Waals surface area (Å²) in [6.07, 6.45) is 3.40. The van der Waals surface area contributed by atoms with Crippen molar-refractivity contribution in [1.82, 2.24) is 0 Å². The van der Waals surface area contributed by atoms with Crippen LogP contribution in [0, 0.1) is 5.82 Å². The molecular formula is C19H18FNO3S. The van der Waals surface area contributed by atoms with Gasteiger partial charge in [-0.2, -0.15) is 0 Å². The van der Waals surface area contributed by atoms with E-state index in [1.807, 2.05) is 5.38 Å². The molecule has 3 aromatic rings. The number of halogens is 1. The molecule has 2 aromatic heterocycles. The van der Waals surface area contributed by atoms with Gasteiger partial charge in [0.05, 0.1) is 7.11 Å². The average Bonchev–Trinajstić information content (AvgIpc) is 3.07. The van der Waals surface area contributed by atoms with E-state index in [4.69, 9.17) is 9.15 Å². The van der Waals surface area contributed by atoms with Gasteiger partial charge in [-0.05, 0) is 37.0 Å². The van der Waals surface area contributed by atoms with E-state index in [9.17, 15) is 9.18 Å². The molecule has 1 fully saturated rings. The van der Waals surface area contributed by atoms with Crippen LogP contribution < -0.4 is 15.1 Å². The molecule has 3 heterocycles. The summed E-state index contributed by atoms with van der Waals surface area (Å²) in [4.78, 5) is 14.6. The maximum Gasteiger partial charge on any atom is 0.204 e. The molecule has 1 aromatic carbocycles. The number of rotatable bonds is 3. The minimum atomic E-state index is -0.436. The summed E-state index contributed by atoms with van der Waals surface area (Å²) in [5.74, 6) is 0.360. The summed E-state index contributed by atoms with van der Waals surface area (Å²) in [5, 5.41) is 1.84. The summed E-state index contributed by atoms with van der Waals surface area (Å²) in [6.45, 7) is 1.79. The second-order valence-electron chi connectivity index (χ2n) is 6.15. The lowest BCUT2D eigenvalue weighted by molar-refractivity contribution is 0.386. The highest BCUT2D eigenvalue weighted by atomic mass is 32.1. The normalized spacial score (nSPS) is 14.9. The van der Waals surface area contributed by atoms with Crippen LogP contribution in [-0.4, -0.2) is 20.2 Å². The molecule has 25 heavy (non-hydrogen) atoms. The highest BCUT2D eigenvalue weighted by Gasteiger charge is 2.19. The van der Waals surface area contributed by atoms with Gasteiger partial charge in [0.2, 0.25) is 5.43 Å². The Hall–Kier alpha value is -2.34. The molecule has 4 rings (SSSR count). The van der Waals surface area contributed by atoms with Crippen molar-refractivity contribution >= 4 is 27.5 Å². The highest BCUT2D eigenvalue weighted by Crippen LogP contribution is 2.36. The zero-order valence-corrected chi connectivity index (χ0v) is 14.7. The first kappa shape index (κ1) is 16.1. The van der Waals surface area contributed by atoms with E-state index in [1.165, 1.54) is 30.9 Å². The van der Waals surface area contributed by atoms with Crippen LogP contribution in [0.2, 0.25) is 0 Å². The van der Waals surface area contributed by atoms with Gasteiger partial charge in [0.1, 0.15) is 4.70 Å². The lowest BCUT2D eigenvalue weighted by Crippen LogP contribution is -2.29. The molecule has 0 spiro atoms. The standard InChI is InChI=1S/C19H18FNO3S/c1-23-16-6-5-12(9-14(16)20)13-11-25-19-15(22)10-17(24-18(13)19)21-7-3-2-4-8-21/h5-6,9-11H,2-4,7-8H2,1H3. The summed E-state index contributed by atoms with van der Waals surface area (Å²) < 4.78 is 25.7. The molecule has 1 saturated heterocycles. The molecule has 0 aliphatic carbocycles. The van der Waals surface area contributed by atoms with Crippen LogP contribution in [0.5, 0.6) is 5.75 Å². The highest BCUT2D eigenvalue weighted by molar-refractivity contribution is 7.17. The van der Waals surface area contributed by atoms with E-state index in [1.54, 1.807) is 18.2 Å². The van der Waals surface area contributed by atoms with Gasteiger partial charge in [-0.25, -0.2) is 4.39 Å². The number of methoxy groups -OCH3 is 1. The molecule has 0 amide bonds. The van der Waals surface area contributed by atoms with Crippen molar-refractivity contribution < 1.29 is 13.5 Å². The molecule has 0 radical (unpaired) electrons. The van der Waals surface area contributed by atoms with Crippen molar-refractivity contribution in [1.29, 1.82) is 0 Å². The number of nitrogens with zero attached hydrogens (tertiary/aromatic N) is 1. The Morgan fingerprint density at radius 2 is 2.00 bits per heavy atom. The summed E-state index contributed by atoms with van der Waals surface area (Å²) in [5.41, 5.74) is 1.88. The monoisotopic (exact) mass is 359 g/mol. The molecule has 130 valence electrons. The number of benzene rings is 1. The summed E-state index contributed by atoms with van der Waals surface area (Å²) >= 11 is 1.33. The molecular weight excluding hydrogens is 341 g/mol. The molecule has 0 bridgehead atoms. The Balaban J connectivity index is 1.83. The Kier molecular flexibility index (Phi) is 4.21. The van der Waals surface area contributed by atoms with Crippen LogP contribution in [0.15, 0.2) is 38.9 Å². The molecule has 0 saturated carbocycles. The fraction of sp³-hybridized carbons (Fsp3) is 0.316. The van der Waals surface area contributed by atoms with Gasteiger partial charge >= 0.3 is 0 Å². The number of piperidine rings is 1. The largest absolute Gasteiger partial charge is 0.494 e. The Labute approximate surface area is 148 Å². The van der Waals surface area contributed by atoms with Crippen LogP contribution in [-0.2, 0) is 0 Å². The van der Waals surface area contributed by atoms with Crippen LogP contribution >= 0.6 is 11.3 Å². The average molecular weight is 359 g/mol. The molecule has 0 N–H and O–H groups in total. The van der Waals surface area contributed by atoms with Gasteiger partial charge in [0.25, 0.3) is 0 Å². The third kappa shape index (κ3) is 2.91. The fourth-order valence-electron chi connectivity index (χ4n) is 3.23. The van der Waals surface area contributed by atoms with Crippen molar-refractivity contribution in [2.45, 2.75) is 19.3 Å². The predicted molar refractivity (Wildman–Crippen MR) is 98.4 cm³/mol. The number of hydrogen-bond donors (Lipinski definition) is 0. The van der Waals surface area contributed by atoms with E-state index < -0.39 is 5.82 Å². The van der Waals surface area contributed by atoms with Gasteiger partial charge in [0, 0.05) is 30.1 Å². The summed E-state index contributed by atoms with van der Waals surface area (Å²) in [6, 6.07) is 6.34. The molecule has 1 aliphatic rings. The third-order valence-electron chi connectivity index (χ3n) is 4.56. The van der Waals surface area contributed by atoms with Crippen molar-refractivity contribution in [3.8, 4) is 16.9 Å². The minimum Gasteiger partial charge on any atom is -0.494 e. The second kappa shape index (κ2) is 6.52. The van der Waals surface area contributed by atoms with E-state index >= 15 is 0 Å². The molecule has 1 aliphatic heterocycles. The number of thiophene rings is 1. The fourth-order valence-corrected chi connectivity index (χ4v) is 4.15. The minimum absolute atomic E-state index is 0.0490. The molecule has 6 heteroatoms. The van der Waals surface area contributed by atoms with Crippen molar-refractivity contribution in [3.05, 3.63) is 45.7 Å². The molecule has 0 unspecified atom stereocenters. The second-order valence-corrected chi connectivity index (χ2v) is 7.03. The van der Waals surface area contributed by atoms with Crippen molar-refractivity contribution in [3.63, 3.8) is 0 Å². The smallest absolute Gasteiger partial charge is 0.204 e. The van der Waals surface area contributed by atoms with Crippen LogP contribution in [0.4, 0.5) is 10.3 Å². The maximum atomic E-state index is 14.1. The van der Waals surface area contributed by atoms with Crippen LogP contribution in [0.1, 0.15) is 19.3 Å². The maximum absolute atomic E-state index is 14.1. The first-order valence-corrected chi connectivity index (χ1v) is 9.19. The van der Waals surface area contributed by atoms with E-state index in [-0.39, 0.29) is 11.2 Å². The first-order chi connectivity index (χ1) is 12.2. The first-order valence-electron chi connectivity index (χ1n) is 8.31. The third-order valence-corrected chi connectivity index (χ3v) is 5.54. The molecule has 4 nitrogen and oxygen atoms in total. The number of hydrogen-bond acceptors (Lipinski definition) is 5. The van der Waals surface area contributed by atoms with Gasteiger partial charge in [0.15, 0.2) is 23.0 Å². The quantitative estimate of drug-likeness (QED) is 0.682. The lowest BCUT2D eigenvalue weighted by Gasteiger charge is -2.26. The Morgan fingerprint density at radius 1 is 1.20 bits per heavy atom. The number of anilines is 1. The van der Waals surface area contributed by atoms with Gasteiger partial charge < -0.3 is 14.1 Å². The molecule has 0 atom stereocenters. The zero-order chi connectivity index (χ0) is 17.4. The lowest BCUT2D eigenvalue weighted by atomic mass is 10.1. The van der Waals surface area contributed by atoms with Crippen molar-refractivity contribution in [2.75, 3.05) is 25.1 Å². The van der Waals surface area contributed by atoms with E-state index in [0.29, 0.717) is 21.7 Å². The van der Waals surface area contributed by atoms with Crippen LogP contribution in [0.3, 0.4) is 0 Å².